The number of phenolic OH excluding ortho intramolecular Hbond substituents is 1. The van der Waals surface area contributed by atoms with Crippen LogP contribution in [-0.2, 0) is 52.8 Å². The van der Waals surface area contributed by atoms with E-state index in [-0.39, 0.29) is 49.2 Å². The molecule has 2 saturated heterocycles. The smallest absolute Gasteiger partial charge is 0.324 e. The van der Waals surface area contributed by atoms with Crippen LogP contribution in [0.1, 0.15) is 95.2 Å². The summed E-state index contributed by atoms with van der Waals surface area (Å²) in [7, 11) is 3.29. The van der Waals surface area contributed by atoms with Crippen molar-refractivity contribution in [1.29, 1.82) is 0 Å². The molecule has 5 heterocycles. The molecule has 2 fully saturated rings. The van der Waals surface area contributed by atoms with Gasteiger partial charge in [-0.05, 0) is 110 Å². The summed E-state index contributed by atoms with van der Waals surface area (Å²) in [5.41, 5.74) is 10.6. The number of likely N-dealkylation sites (N-methyl/N-ethyl adjacent to an activating group) is 1. The standard InChI is InChI=1S/C54H66N6O8/c1-9-59-45-20-19-36-29-41(45)42(48(59)40-17-13-22-55-46(40)33(4)66-8)30-54(5,6)31-68-53(65)43-18-14-23-60(57-43)51(63)44(27-34-25-37(36)28-38(61)26-34)56-50(62)47(32(2)3)58(7)52(64)49-39(21-24-67-49)35-15-11-10-12-16-35/h10-13,15-17,19-20,22,25-26,28-29,32-33,39,43-44,47,49,57,61H,9,14,18,21,23-24,27,30-31H2,1-8H3,(H,56,62)/t33-,39-,43-,44-,47-,49-/m0/s1. The molecule has 3 aromatic carbocycles. The number of hydrogen-bond donors (Lipinski definition) is 3. The van der Waals surface area contributed by atoms with E-state index in [9.17, 15) is 24.3 Å². The van der Waals surface area contributed by atoms with Crippen molar-refractivity contribution in [2.75, 3.05) is 33.9 Å². The second-order valence-corrected chi connectivity index (χ2v) is 19.8. The van der Waals surface area contributed by atoms with Gasteiger partial charge in [0.1, 0.15) is 30.0 Å². The Bertz CT molecular complexity index is 2660. The van der Waals surface area contributed by atoms with E-state index in [4.69, 9.17) is 19.2 Å². The number of amides is 3. The van der Waals surface area contributed by atoms with Crippen LogP contribution >= 0.6 is 0 Å². The molecule has 0 aliphatic carbocycles. The number of ether oxygens (including phenoxy) is 3. The fourth-order valence-electron chi connectivity index (χ4n) is 10.5. The normalized spacial score (nSPS) is 21.8. The molecule has 0 radical (unpaired) electrons. The molecule has 360 valence electrons. The molecule has 5 aromatic rings. The van der Waals surface area contributed by atoms with Crippen LogP contribution in [0.15, 0.2) is 85.1 Å². The highest BCUT2D eigenvalue weighted by Gasteiger charge is 2.42. The third-order valence-corrected chi connectivity index (χ3v) is 13.9. The first kappa shape index (κ1) is 48.4. The Kier molecular flexibility index (Phi) is 14.4. The van der Waals surface area contributed by atoms with E-state index in [0.717, 1.165) is 50.1 Å². The highest BCUT2D eigenvalue weighted by atomic mass is 16.5. The van der Waals surface area contributed by atoms with Crippen LogP contribution in [0.4, 0.5) is 0 Å². The number of carbonyl (C=O) groups is 4. The number of aromatic nitrogens is 2. The number of esters is 1. The molecule has 0 spiro atoms. The van der Waals surface area contributed by atoms with Crippen LogP contribution in [0.25, 0.3) is 33.3 Å². The van der Waals surface area contributed by atoms with Crippen LogP contribution < -0.4 is 10.7 Å². The third kappa shape index (κ3) is 9.90. The summed E-state index contributed by atoms with van der Waals surface area (Å²) in [6, 6.07) is 22.4. The fourth-order valence-corrected chi connectivity index (χ4v) is 10.5. The summed E-state index contributed by atoms with van der Waals surface area (Å²) < 4.78 is 20.3. The second-order valence-electron chi connectivity index (χ2n) is 19.8. The number of fused-ring (bicyclic) bond motifs is 6. The van der Waals surface area contributed by atoms with Gasteiger partial charge in [0, 0.05) is 74.3 Å². The Morgan fingerprint density at radius 2 is 1.79 bits per heavy atom. The monoisotopic (exact) mass is 926 g/mol. The number of methoxy groups -OCH3 is 1. The number of benzene rings is 3. The number of nitrogens with zero attached hydrogens (tertiary/aromatic N) is 4. The van der Waals surface area contributed by atoms with E-state index in [1.165, 1.54) is 9.91 Å². The van der Waals surface area contributed by atoms with Gasteiger partial charge in [-0.15, -0.1) is 0 Å². The number of aromatic hydroxyl groups is 1. The van der Waals surface area contributed by atoms with Gasteiger partial charge in [-0.3, -0.25) is 29.2 Å². The Labute approximate surface area is 399 Å². The number of cyclic esters (lactones) is 1. The summed E-state index contributed by atoms with van der Waals surface area (Å²) in [5.74, 6) is -2.26. The summed E-state index contributed by atoms with van der Waals surface area (Å²) in [5, 5.41) is 16.8. The number of hydrogen-bond acceptors (Lipinski definition) is 10. The summed E-state index contributed by atoms with van der Waals surface area (Å²) in [4.78, 5) is 64.0. The van der Waals surface area contributed by atoms with Gasteiger partial charge in [0.15, 0.2) is 0 Å². The molecule has 6 atom stereocenters. The van der Waals surface area contributed by atoms with Crippen molar-refractivity contribution in [3.8, 4) is 28.1 Å². The minimum absolute atomic E-state index is 0.0000772. The first-order valence-electron chi connectivity index (χ1n) is 24.0. The van der Waals surface area contributed by atoms with E-state index in [2.05, 4.69) is 54.3 Å². The molecule has 0 unspecified atom stereocenters. The predicted octanol–water partition coefficient (Wildman–Crippen LogP) is 7.51. The van der Waals surface area contributed by atoms with Crippen molar-refractivity contribution < 1.29 is 38.5 Å². The highest BCUT2D eigenvalue weighted by Crippen LogP contribution is 2.42. The zero-order valence-corrected chi connectivity index (χ0v) is 40.6. The van der Waals surface area contributed by atoms with Gasteiger partial charge >= 0.3 is 5.97 Å². The van der Waals surface area contributed by atoms with Gasteiger partial charge in [-0.25, -0.2) is 5.43 Å². The van der Waals surface area contributed by atoms with Crippen molar-refractivity contribution in [3.63, 3.8) is 0 Å². The van der Waals surface area contributed by atoms with Crippen LogP contribution in [0, 0.1) is 11.3 Å². The van der Waals surface area contributed by atoms with Gasteiger partial charge in [0.05, 0.1) is 24.1 Å². The molecule has 68 heavy (non-hydrogen) atoms. The SMILES string of the molecule is CCn1c(-c2cccnc2[C@H](C)OC)c2c3cc(ccc31)-c1cc(O)cc(c1)C[C@H](NC(=O)[C@H](C(C)C)N(C)C(=O)[C@H]1OCC[C@H]1c1ccccc1)C(=O)N1CCC[C@H](N1)C(=O)OCC(C)(C)C2. The van der Waals surface area contributed by atoms with E-state index in [0.29, 0.717) is 44.4 Å². The topological polar surface area (TPSA) is 165 Å². The minimum atomic E-state index is -1.15. The number of aryl methyl sites for hydroxylation is 1. The average molecular weight is 927 g/mol. The van der Waals surface area contributed by atoms with Crippen molar-refractivity contribution in [3.05, 3.63) is 107 Å². The maximum atomic E-state index is 14.8. The molecular weight excluding hydrogens is 861 g/mol. The van der Waals surface area contributed by atoms with Gasteiger partial charge in [-0.2, -0.15) is 0 Å². The zero-order chi connectivity index (χ0) is 48.4. The lowest BCUT2D eigenvalue weighted by molar-refractivity contribution is -0.155. The molecule has 14 heteroatoms. The highest BCUT2D eigenvalue weighted by molar-refractivity contribution is 5.96. The van der Waals surface area contributed by atoms with Crippen molar-refractivity contribution in [2.24, 2.45) is 11.3 Å². The first-order chi connectivity index (χ1) is 32.6. The predicted molar refractivity (Wildman–Crippen MR) is 260 cm³/mol. The summed E-state index contributed by atoms with van der Waals surface area (Å²) in [6.45, 7) is 13.5. The number of nitrogens with one attached hydrogen (secondary N) is 2. The van der Waals surface area contributed by atoms with E-state index in [1.54, 1.807) is 32.5 Å². The van der Waals surface area contributed by atoms with Crippen molar-refractivity contribution in [2.45, 2.75) is 116 Å². The quantitative estimate of drug-likeness (QED) is 0.120. The molecule has 8 rings (SSSR count). The number of pyridine rings is 1. The Morgan fingerprint density at radius 1 is 1.01 bits per heavy atom. The second kappa shape index (κ2) is 20.2. The lowest BCUT2D eigenvalue weighted by Crippen LogP contribution is -2.62. The van der Waals surface area contributed by atoms with E-state index >= 15 is 0 Å². The fraction of sp³-hybridized carbons (Fsp3) is 0.463. The van der Waals surface area contributed by atoms with Crippen LogP contribution in [0.3, 0.4) is 0 Å². The van der Waals surface area contributed by atoms with Gasteiger partial charge in [0.25, 0.3) is 11.8 Å². The van der Waals surface area contributed by atoms with Gasteiger partial charge in [-0.1, -0.05) is 70.2 Å². The zero-order valence-electron chi connectivity index (χ0n) is 40.6. The van der Waals surface area contributed by atoms with Gasteiger partial charge < -0.3 is 34.1 Å². The Balaban J connectivity index is 1.20. The van der Waals surface area contributed by atoms with Crippen molar-refractivity contribution >= 4 is 34.6 Å². The third-order valence-electron chi connectivity index (χ3n) is 13.9. The number of carbonyl (C=O) groups excluding carboxylic acids is 4. The maximum Gasteiger partial charge on any atom is 0.324 e. The Hall–Kier alpha value is -6.09. The largest absolute Gasteiger partial charge is 0.508 e. The average Bonchev–Trinajstić information content (AvgIpc) is 3.94. The molecule has 14 nitrogen and oxygen atoms in total. The Morgan fingerprint density at radius 3 is 2.53 bits per heavy atom. The van der Waals surface area contributed by atoms with Crippen LogP contribution in [0.2, 0.25) is 0 Å². The molecule has 0 saturated carbocycles. The molecule has 3 aliphatic heterocycles. The lowest BCUT2D eigenvalue weighted by atomic mass is 9.84. The summed E-state index contributed by atoms with van der Waals surface area (Å²) in [6.07, 6.45) is 2.92. The van der Waals surface area contributed by atoms with E-state index in [1.807, 2.05) is 69.3 Å². The lowest BCUT2D eigenvalue weighted by Gasteiger charge is -2.37. The molecular formula is C54H66N6O8. The van der Waals surface area contributed by atoms with Crippen LogP contribution in [-0.4, -0.2) is 106 Å². The molecule has 6 bridgehead atoms. The minimum Gasteiger partial charge on any atom is -0.508 e. The molecule has 3 N–H and O–H groups in total. The van der Waals surface area contributed by atoms with Crippen molar-refractivity contribution in [1.82, 2.24) is 30.2 Å². The maximum absolute atomic E-state index is 14.8. The van der Waals surface area contributed by atoms with E-state index < -0.39 is 47.4 Å². The molecule has 3 aliphatic rings. The van der Waals surface area contributed by atoms with Crippen LogP contribution in [0.5, 0.6) is 5.75 Å². The number of phenols is 1. The van der Waals surface area contributed by atoms with Gasteiger partial charge in [0.2, 0.25) is 5.91 Å². The molecule has 2 aromatic heterocycles. The number of rotatable bonds is 10. The first-order valence-corrected chi connectivity index (χ1v) is 24.0. The summed E-state index contributed by atoms with van der Waals surface area (Å²) >= 11 is 0. The molecule has 3 amide bonds. The number of hydrazine groups is 1.